The lowest BCUT2D eigenvalue weighted by molar-refractivity contribution is 0.0657. The highest BCUT2D eigenvalue weighted by Gasteiger charge is 2.24. The molecule has 3 heterocycles. The SMILES string of the molecule is Cc1nn(Cc2ccccc2Cl)c2sc(C(=O)N3CCC3)cc12. The zero-order valence-electron chi connectivity index (χ0n) is 12.8. The van der Waals surface area contributed by atoms with E-state index < -0.39 is 0 Å². The number of halogens is 1. The van der Waals surface area contributed by atoms with Crippen molar-refractivity contribution in [3.8, 4) is 0 Å². The van der Waals surface area contributed by atoms with Gasteiger partial charge in [0.15, 0.2) is 0 Å². The molecule has 118 valence electrons. The highest BCUT2D eigenvalue weighted by atomic mass is 35.5. The van der Waals surface area contributed by atoms with Crippen molar-refractivity contribution in [1.82, 2.24) is 14.7 Å². The van der Waals surface area contributed by atoms with Crippen molar-refractivity contribution in [3.05, 3.63) is 51.5 Å². The molecule has 3 aromatic rings. The molecule has 2 aromatic heterocycles. The molecule has 1 amide bonds. The normalized spacial score (nSPS) is 14.3. The summed E-state index contributed by atoms with van der Waals surface area (Å²) in [6, 6.07) is 9.77. The summed E-state index contributed by atoms with van der Waals surface area (Å²) in [5.74, 6) is 0.140. The van der Waals surface area contributed by atoms with E-state index in [2.05, 4.69) is 5.10 Å². The molecule has 0 bridgehead atoms. The van der Waals surface area contributed by atoms with Crippen LogP contribution in [0, 0.1) is 6.92 Å². The maximum absolute atomic E-state index is 12.4. The number of hydrogen-bond acceptors (Lipinski definition) is 3. The third-order valence-electron chi connectivity index (χ3n) is 4.24. The quantitative estimate of drug-likeness (QED) is 0.720. The second-order valence-corrected chi connectivity index (χ2v) is 7.25. The van der Waals surface area contributed by atoms with Gasteiger partial charge in [-0.15, -0.1) is 11.3 Å². The van der Waals surface area contributed by atoms with E-state index in [0.717, 1.165) is 50.9 Å². The smallest absolute Gasteiger partial charge is 0.264 e. The Morgan fingerprint density at radius 1 is 1.35 bits per heavy atom. The Bertz CT molecular complexity index is 895. The molecule has 1 saturated heterocycles. The van der Waals surface area contributed by atoms with E-state index in [1.807, 2.05) is 46.8 Å². The first-order chi connectivity index (χ1) is 11.1. The van der Waals surface area contributed by atoms with Crippen molar-refractivity contribution in [2.24, 2.45) is 0 Å². The van der Waals surface area contributed by atoms with Gasteiger partial charge >= 0.3 is 0 Å². The van der Waals surface area contributed by atoms with Crippen LogP contribution < -0.4 is 0 Å². The molecule has 4 nitrogen and oxygen atoms in total. The fourth-order valence-corrected chi connectivity index (χ4v) is 4.11. The van der Waals surface area contributed by atoms with Crippen LogP contribution in [0.5, 0.6) is 0 Å². The van der Waals surface area contributed by atoms with Gasteiger partial charge in [0.05, 0.1) is 17.1 Å². The average molecular weight is 346 g/mol. The first-order valence-electron chi connectivity index (χ1n) is 7.63. The van der Waals surface area contributed by atoms with E-state index in [1.54, 1.807) is 0 Å². The van der Waals surface area contributed by atoms with Gasteiger partial charge in [0.2, 0.25) is 0 Å². The van der Waals surface area contributed by atoms with Crippen LogP contribution in [0.1, 0.15) is 27.3 Å². The zero-order valence-corrected chi connectivity index (χ0v) is 14.3. The van der Waals surface area contributed by atoms with Crippen molar-refractivity contribution in [1.29, 1.82) is 0 Å². The van der Waals surface area contributed by atoms with Crippen molar-refractivity contribution < 1.29 is 4.79 Å². The summed E-state index contributed by atoms with van der Waals surface area (Å²) in [6.07, 6.45) is 1.11. The zero-order chi connectivity index (χ0) is 16.0. The summed E-state index contributed by atoms with van der Waals surface area (Å²) in [5.41, 5.74) is 1.98. The number of carbonyl (C=O) groups excluding carboxylic acids is 1. The van der Waals surface area contributed by atoms with E-state index in [-0.39, 0.29) is 5.91 Å². The van der Waals surface area contributed by atoms with Gasteiger partial charge in [0, 0.05) is 23.5 Å². The first kappa shape index (κ1) is 14.7. The summed E-state index contributed by atoms with van der Waals surface area (Å²) in [4.78, 5) is 16.1. The number of aryl methyl sites for hydroxylation is 1. The molecular weight excluding hydrogens is 330 g/mol. The lowest BCUT2D eigenvalue weighted by atomic mass is 10.2. The van der Waals surface area contributed by atoms with Gasteiger partial charge in [-0.3, -0.25) is 9.48 Å². The van der Waals surface area contributed by atoms with E-state index >= 15 is 0 Å². The number of hydrogen-bond donors (Lipinski definition) is 0. The highest BCUT2D eigenvalue weighted by Crippen LogP contribution is 2.31. The number of fused-ring (bicyclic) bond motifs is 1. The van der Waals surface area contributed by atoms with E-state index in [0.29, 0.717) is 6.54 Å². The summed E-state index contributed by atoms with van der Waals surface area (Å²) in [6.45, 7) is 4.34. The molecule has 1 aromatic carbocycles. The van der Waals surface area contributed by atoms with E-state index in [9.17, 15) is 4.79 Å². The average Bonchev–Trinajstić information content (AvgIpc) is 3.02. The molecule has 1 aliphatic rings. The van der Waals surface area contributed by atoms with E-state index in [1.165, 1.54) is 11.3 Å². The van der Waals surface area contributed by atoms with Gasteiger partial charge in [-0.05, 0) is 31.0 Å². The van der Waals surface area contributed by atoms with Gasteiger partial charge in [-0.1, -0.05) is 29.8 Å². The lowest BCUT2D eigenvalue weighted by Crippen LogP contribution is -2.41. The van der Waals surface area contributed by atoms with Gasteiger partial charge in [-0.2, -0.15) is 5.10 Å². The Balaban J connectivity index is 1.71. The van der Waals surface area contributed by atoms with Crippen molar-refractivity contribution in [2.45, 2.75) is 19.9 Å². The Hall–Kier alpha value is -1.85. The number of benzene rings is 1. The molecule has 1 aliphatic heterocycles. The molecule has 0 saturated carbocycles. The monoisotopic (exact) mass is 345 g/mol. The fraction of sp³-hybridized carbons (Fsp3) is 0.294. The fourth-order valence-electron chi connectivity index (χ4n) is 2.79. The van der Waals surface area contributed by atoms with Crippen molar-refractivity contribution in [3.63, 3.8) is 0 Å². The minimum Gasteiger partial charge on any atom is -0.338 e. The van der Waals surface area contributed by atoms with E-state index in [4.69, 9.17) is 11.6 Å². The minimum absolute atomic E-state index is 0.140. The molecule has 23 heavy (non-hydrogen) atoms. The first-order valence-corrected chi connectivity index (χ1v) is 8.82. The predicted octanol–water partition coefficient (Wildman–Crippen LogP) is 3.95. The minimum atomic E-state index is 0.140. The van der Waals surface area contributed by atoms with Gasteiger partial charge in [-0.25, -0.2) is 0 Å². The largest absolute Gasteiger partial charge is 0.338 e. The van der Waals surface area contributed by atoms with Crippen LogP contribution >= 0.6 is 22.9 Å². The summed E-state index contributed by atoms with van der Waals surface area (Å²) < 4.78 is 1.95. The van der Waals surface area contributed by atoms with Gasteiger partial charge in [0.1, 0.15) is 4.83 Å². The number of amides is 1. The Morgan fingerprint density at radius 3 is 2.83 bits per heavy atom. The van der Waals surface area contributed by atoms with Crippen LogP contribution in [0.4, 0.5) is 0 Å². The molecule has 0 atom stereocenters. The van der Waals surface area contributed by atoms with Crippen LogP contribution in [0.3, 0.4) is 0 Å². The molecular formula is C17H16ClN3OS. The molecule has 0 N–H and O–H groups in total. The lowest BCUT2D eigenvalue weighted by Gasteiger charge is -2.30. The standard InChI is InChI=1S/C17H16ClN3OS/c1-11-13-9-15(16(22)20-7-4-8-20)23-17(13)21(19-11)10-12-5-2-3-6-14(12)18/h2-3,5-6,9H,4,7-8,10H2,1H3. The molecule has 4 rings (SSSR count). The number of aromatic nitrogens is 2. The maximum Gasteiger partial charge on any atom is 0.264 e. The van der Waals surface area contributed by atoms with Crippen molar-refractivity contribution >= 4 is 39.1 Å². The second-order valence-electron chi connectivity index (χ2n) is 5.81. The predicted molar refractivity (Wildman–Crippen MR) is 93.4 cm³/mol. The Kier molecular flexibility index (Phi) is 3.62. The topological polar surface area (TPSA) is 38.1 Å². The molecule has 1 fully saturated rings. The van der Waals surface area contributed by atoms with Crippen LogP contribution in [-0.4, -0.2) is 33.7 Å². The van der Waals surface area contributed by atoms with Crippen LogP contribution in [0.25, 0.3) is 10.2 Å². The molecule has 6 heteroatoms. The number of carbonyl (C=O) groups is 1. The third-order valence-corrected chi connectivity index (χ3v) is 5.74. The van der Waals surface area contributed by atoms with Crippen LogP contribution in [0.15, 0.2) is 30.3 Å². The Morgan fingerprint density at radius 2 is 2.13 bits per heavy atom. The van der Waals surface area contributed by atoms with Crippen molar-refractivity contribution in [2.75, 3.05) is 13.1 Å². The number of likely N-dealkylation sites (tertiary alicyclic amines) is 1. The Labute approximate surface area is 143 Å². The maximum atomic E-state index is 12.4. The second kappa shape index (κ2) is 5.65. The number of rotatable bonds is 3. The molecule has 0 aliphatic carbocycles. The molecule has 0 spiro atoms. The molecule has 0 radical (unpaired) electrons. The molecule has 0 unspecified atom stereocenters. The summed E-state index contributed by atoms with van der Waals surface area (Å²) >= 11 is 7.78. The number of thiophene rings is 1. The van der Waals surface area contributed by atoms with Crippen LogP contribution in [-0.2, 0) is 6.54 Å². The van der Waals surface area contributed by atoms with Gasteiger partial charge < -0.3 is 4.90 Å². The highest BCUT2D eigenvalue weighted by molar-refractivity contribution is 7.20. The van der Waals surface area contributed by atoms with Crippen LogP contribution in [0.2, 0.25) is 5.02 Å². The number of nitrogens with zero attached hydrogens (tertiary/aromatic N) is 3. The third kappa shape index (κ3) is 2.54. The van der Waals surface area contributed by atoms with Gasteiger partial charge in [0.25, 0.3) is 5.91 Å². The summed E-state index contributed by atoms with van der Waals surface area (Å²) in [7, 11) is 0. The summed E-state index contributed by atoms with van der Waals surface area (Å²) in [5, 5.41) is 6.41.